The van der Waals surface area contributed by atoms with Crippen LogP contribution in [0.5, 0.6) is 0 Å². The topological polar surface area (TPSA) is 3.24 Å². The van der Waals surface area contributed by atoms with Gasteiger partial charge in [-0.2, -0.15) is 13.2 Å². The molecule has 0 N–H and O–H groups in total. The van der Waals surface area contributed by atoms with Gasteiger partial charge in [0.1, 0.15) is 6.54 Å². The highest BCUT2D eigenvalue weighted by Gasteiger charge is 2.38. The second kappa shape index (κ2) is 2.22. The zero-order valence-electron chi connectivity index (χ0n) is 4.14. The third-order valence-electron chi connectivity index (χ3n) is 0.656. The van der Waals surface area contributed by atoms with Crippen LogP contribution in [-0.4, -0.2) is 10.6 Å². The number of hydrogen-bond donors (Lipinski definition) is 0. The van der Waals surface area contributed by atoms with Crippen LogP contribution in [0.25, 0.3) is 0 Å². The Morgan fingerprint density at radius 3 is 2.33 bits per heavy atom. The minimum atomic E-state index is -4.30. The molecule has 0 atom stereocenters. The lowest BCUT2D eigenvalue weighted by Gasteiger charge is -2.14. The van der Waals surface area contributed by atoms with Gasteiger partial charge in [-0.3, -0.25) is 0 Å². The third-order valence-corrected chi connectivity index (χ3v) is 1.44. The molecule has 0 aliphatic carbocycles. The molecule has 2 radical (unpaired) electrons. The molecule has 0 fully saturated rings. The molecule has 1 rings (SSSR count). The van der Waals surface area contributed by atoms with E-state index in [1.165, 1.54) is 11.5 Å². The predicted molar refractivity (Wildman–Crippen MR) is 27.9 cm³/mol. The van der Waals surface area contributed by atoms with Crippen LogP contribution in [0.1, 0.15) is 0 Å². The largest absolute Gasteiger partial charge is 0.470 e. The van der Waals surface area contributed by atoms with Gasteiger partial charge in [0.05, 0.1) is 0 Å². The van der Waals surface area contributed by atoms with Crippen LogP contribution < -0.4 is 0 Å². The highest BCUT2D eigenvalue weighted by atomic mass is 32.2. The first-order chi connectivity index (χ1) is 4.11. The van der Waals surface area contributed by atoms with Crippen LogP contribution in [0.4, 0.5) is 13.2 Å². The van der Waals surface area contributed by atoms with Gasteiger partial charge < -0.3 is 0 Å². The molecule has 1 heterocycles. The number of hydrogen-bond acceptors (Lipinski definition) is 2. The third kappa shape index (κ3) is 1.62. The molecule has 0 unspecified atom stereocenters. The quantitative estimate of drug-likeness (QED) is 0.387. The van der Waals surface area contributed by atoms with Crippen molar-refractivity contribution in [1.29, 1.82) is 0 Å². The fourth-order valence-electron chi connectivity index (χ4n) is 0.353. The first-order valence-corrected chi connectivity index (χ1v) is 2.89. The van der Waals surface area contributed by atoms with Crippen molar-refractivity contribution in [2.45, 2.75) is 6.30 Å². The molecule has 1 nitrogen and oxygen atoms in total. The van der Waals surface area contributed by atoms with Crippen LogP contribution in [0.2, 0.25) is 0 Å². The van der Waals surface area contributed by atoms with Crippen LogP contribution >= 0.6 is 11.9 Å². The van der Waals surface area contributed by atoms with Crippen molar-refractivity contribution in [3.8, 4) is 0 Å². The number of rotatable bonds is 0. The van der Waals surface area contributed by atoms with Crippen LogP contribution in [-0.2, 0) is 0 Å². The zero-order chi connectivity index (χ0) is 6.91. The second-order valence-corrected chi connectivity index (χ2v) is 2.15. The van der Waals surface area contributed by atoms with Gasteiger partial charge in [0.15, 0.2) is 0 Å². The average molecular weight is 153 g/mol. The maximum Gasteiger partial charge on any atom is 0.470 e. The SMILES string of the molecule is FC(F)(F)N1[C]C=CS1. The van der Waals surface area contributed by atoms with E-state index in [2.05, 4.69) is 0 Å². The summed E-state index contributed by atoms with van der Waals surface area (Å²) < 4.78 is 34.8. The molecule has 0 saturated heterocycles. The smallest absolute Gasteiger partial charge is 0.155 e. The number of halogens is 3. The Balaban J connectivity index is 2.46. The van der Waals surface area contributed by atoms with E-state index in [0.717, 1.165) is 0 Å². The van der Waals surface area contributed by atoms with Crippen molar-refractivity contribution >= 4 is 11.9 Å². The molecule has 0 saturated carbocycles. The molecule has 1 aliphatic heterocycles. The summed E-state index contributed by atoms with van der Waals surface area (Å²) in [5, 5.41) is 1.31. The molecule has 0 aromatic heterocycles. The number of nitrogens with zero attached hydrogens (tertiary/aromatic N) is 1. The summed E-state index contributed by atoms with van der Waals surface area (Å²) in [5.41, 5.74) is 0. The summed E-state index contributed by atoms with van der Waals surface area (Å²) in [6.45, 7) is 1.99. The standard InChI is InChI=1S/C4H2F3NS/c5-4(6,7)8-2-1-3-9-8/h1,3H. The van der Waals surface area contributed by atoms with Crippen molar-refractivity contribution in [3.05, 3.63) is 18.0 Å². The summed E-state index contributed by atoms with van der Waals surface area (Å²) in [6.07, 6.45) is -3.08. The summed E-state index contributed by atoms with van der Waals surface area (Å²) in [6, 6.07) is 0. The van der Waals surface area contributed by atoms with E-state index in [1.807, 2.05) is 6.54 Å². The maximum atomic E-state index is 11.6. The summed E-state index contributed by atoms with van der Waals surface area (Å²) in [5.74, 6) is 0. The minimum Gasteiger partial charge on any atom is -0.155 e. The Kier molecular flexibility index (Phi) is 1.72. The Hall–Kier alpha value is -0.160. The summed E-state index contributed by atoms with van der Waals surface area (Å²) in [7, 11) is 0. The van der Waals surface area contributed by atoms with Gasteiger partial charge in [-0.1, -0.05) is 6.08 Å². The number of alkyl halides is 3. The van der Waals surface area contributed by atoms with Gasteiger partial charge >= 0.3 is 6.30 Å². The Morgan fingerprint density at radius 1 is 1.44 bits per heavy atom. The van der Waals surface area contributed by atoms with Crippen molar-refractivity contribution in [1.82, 2.24) is 4.31 Å². The first-order valence-electron chi connectivity index (χ1n) is 2.05. The van der Waals surface area contributed by atoms with E-state index >= 15 is 0 Å². The van der Waals surface area contributed by atoms with E-state index in [1.54, 1.807) is 0 Å². The van der Waals surface area contributed by atoms with Crippen LogP contribution in [0.3, 0.4) is 0 Å². The minimum absolute atomic E-state index is 0.104. The van der Waals surface area contributed by atoms with Gasteiger partial charge in [-0.15, -0.1) is 4.31 Å². The molecule has 0 aromatic rings. The van der Waals surface area contributed by atoms with E-state index in [4.69, 9.17) is 0 Å². The lowest BCUT2D eigenvalue weighted by atomic mass is 10.6. The van der Waals surface area contributed by atoms with E-state index in [-0.39, 0.29) is 4.31 Å². The zero-order valence-corrected chi connectivity index (χ0v) is 4.96. The molecule has 0 spiro atoms. The molecule has 0 aromatic carbocycles. The average Bonchev–Trinajstić information content (AvgIpc) is 2.08. The van der Waals surface area contributed by atoms with Gasteiger partial charge in [0, 0.05) is 0 Å². The van der Waals surface area contributed by atoms with Crippen molar-refractivity contribution in [2.24, 2.45) is 0 Å². The normalized spacial score (nSPS) is 21.2. The highest BCUT2D eigenvalue weighted by molar-refractivity contribution is 8.00. The Morgan fingerprint density at radius 2 is 2.11 bits per heavy atom. The predicted octanol–water partition coefficient (Wildman–Crippen LogP) is 2.02. The van der Waals surface area contributed by atoms with Gasteiger partial charge in [0.2, 0.25) is 0 Å². The molecule has 5 heteroatoms. The van der Waals surface area contributed by atoms with Crippen LogP contribution in [0.15, 0.2) is 11.5 Å². The van der Waals surface area contributed by atoms with Crippen molar-refractivity contribution < 1.29 is 13.2 Å². The fourth-order valence-corrected chi connectivity index (χ4v) is 0.837. The van der Waals surface area contributed by atoms with Crippen molar-refractivity contribution in [2.75, 3.05) is 0 Å². The molecule has 0 bridgehead atoms. The maximum absolute atomic E-state index is 11.6. The van der Waals surface area contributed by atoms with E-state index < -0.39 is 6.30 Å². The Labute approximate surface area is 54.7 Å². The molecular weight excluding hydrogens is 151 g/mol. The van der Waals surface area contributed by atoms with Crippen molar-refractivity contribution in [3.63, 3.8) is 0 Å². The fraction of sp³-hybridized carbons (Fsp3) is 0.250. The monoisotopic (exact) mass is 153 g/mol. The lowest BCUT2D eigenvalue weighted by molar-refractivity contribution is -0.195. The molecule has 1 aliphatic rings. The van der Waals surface area contributed by atoms with E-state index in [9.17, 15) is 13.2 Å². The molecular formula is C4H2F3NS. The van der Waals surface area contributed by atoms with Gasteiger partial charge in [0.25, 0.3) is 0 Å². The molecule has 50 valence electrons. The summed E-state index contributed by atoms with van der Waals surface area (Å²) >= 11 is 0.566. The lowest BCUT2D eigenvalue weighted by Crippen LogP contribution is -2.26. The van der Waals surface area contributed by atoms with Gasteiger partial charge in [-0.25, -0.2) is 0 Å². The molecule has 0 amide bonds. The second-order valence-electron chi connectivity index (χ2n) is 1.30. The van der Waals surface area contributed by atoms with E-state index in [0.29, 0.717) is 11.9 Å². The highest BCUT2D eigenvalue weighted by Crippen LogP contribution is 2.34. The molecule has 9 heavy (non-hydrogen) atoms. The Bertz CT molecular complexity index is 122. The van der Waals surface area contributed by atoms with Gasteiger partial charge in [-0.05, 0) is 17.4 Å². The summed E-state index contributed by atoms with van der Waals surface area (Å²) in [4.78, 5) is 0. The first kappa shape index (κ1) is 6.95. The van der Waals surface area contributed by atoms with Crippen LogP contribution in [0, 0.1) is 6.54 Å².